The van der Waals surface area contributed by atoms with Gasteiger partial charge in [0.05, 0.1) is 5.56 Å². The molecule has 1 saturated heterocycles. The first-order chi connectivity index (χ1) is 13.8. The van der Waals surface area contributed by atoms with Crippen LogP contribution in [-0.2, 0) is 12.6 Å². The first-order valence-corrected chi connectivity index (χ1v) is 10.7. The van der Waals surface area contributed by atoms with Gasteiger partial charge in [0.2, 0.25) is 0 Å². The van der Waals surface area contributed by atoms with Crippen LogP contribution in [0.5, 0.6) is 0 Å². The number of nitrogens with one attached hydrogen (secondary N) is 1. The van der Waals surface area contributed by atoms with Crippen LogP contribution < -0.4 is 11.1 Å². The average Bonchev–Trinajstić information content (AvgIpc) is 3.19. The largest absolute Gasteiger partial charge is 0.416 e. The highest BCUT2D eigenvalue weighted by Gasteiger charge is 2.33. The third kappa shape index (κ3) is 6.84. The van der Waals surface area contributed by atoms with Crippen LogP contribution in [0.1, 0.15) is 34.9 Å². The number of hydrogen-bond acceptors (Lipinski definition) is 3. The van der Waals surface area contributed by atoms with Gasteiger partial charge in [0, 0.05) is 24.0 Å². The summed E-state index contributed by atoms with van der Waals surface area (Å²) in [5.41, 5.74) is 6.30. The molecule has 166 valence electrons. The summed E-state index contributed by atoms with van der Waals surface area (Å²) >= 11 is 1.71. The number of guanidine groups is 1. The van der Waals surface area contributed by atoms with Gasteiger partial charge in [0.25, 0.3) is 0 Å². The van der Waals surface area contributed by atoms with Crippen molar-refractivity contribution in [2.45, 2.75) is 31.5 Å². The summed E-state index contributed by atoms with van der Waals surface area (Å²) in [5.74, 6) is 0.629. The van der Waals surface area contributed by atoms with Gasteiger partial charge in [-0.2, -0.15) is 13.2 Å². The summed E-state index contributed by atoms with van der Waals surface area (Å²) in [7, 11) is 2.01. The lowest BCUT2D eigenvalue weighted by Gasteiger charge is -2.39. The van der Waals surface area contributed by atoms with Gasteiger partial charge < -0.3 is 11.1 Å². The van der Waals surface area contributed by atoms with Crippen LogP contribution >= 0.6 is 35.3 Å². The summed E-state index contributed by atoms with van der Waals surface area (Å²) in [5, 5.41) is 5.20. The zero-order chi connectivity index (χ0) is 20.9. The zero-order valence-electron chi connectivity index (χ0n) is 16.9. The molecule has 1 aromatic heterocycles. The number of alkyl halides is 3. The molecule has 0 amide bonds. The van der Waals surface area contributed by atoms with Crippen LogP contribution in [0.4, 0.5) is 13.2 Å². The second-order valence-electron chi connectivity index (χ2n) is 7.43. The fourth-order valence-corrected chi connectivity index (χ4v) is 4.60. The molecule has 9 heteroatoms. The molecule has 1 aliphatic rings. The minimum atomic E-state index is -4.32. The maximum absolute atomic E-state index is 12.9. The molecular formula is C21H28F3IN4S. The van der Waals surface area contributed by atoms with E-state index in [-0.39, 0.29) is 35.9 Å². The number of likely N-dealkylation sites (tertiary alicyclic amines) is 1. The standard InChI is InChI=1S/C21H27F3N4S.HI/c1-28-12-2-4-16(14-27-20(25)26-11-10-18-5-3-13-29-18)19(28)15-6-8-17(9-7-15)21(22,23)24;/h3,5-9,13,16,19H,2,4,10-12,14H2,1H3,(H3,25,26,27);1H. The van der Waals surface area contributed by atoms with E-state index in [1.54, 1.807) is 23.5 Å². The second-order valence-corrected chi connectivity index (χ2v) is 8.46. The Morgan fingerprint density at radius 3 is 2.63 bits per heavy atom. The zero-order valence-corrected chi connectivity index (χ0v) is 20.0. The van der Waals surface area contributed by atoms with E-state index in [0.717, 1.165) is 37.9 Å². The Morgan fingerprint density at radius 1 is 1.27 bits per heavy atom. The van der Waals surface area contributed by atoms with Gasteiger partial charge in [0.15, 0.2) is 5.96 Å². The lowest BCUT2D eigenvalue weighted by Crippen LogP contribution is -2.39. The maximum Gasteiger partial charge on any atom is 0.416 e. The summed E-state index contributed by atoms with van der Waals surface area (Å²) in [6.07, 6.45) is -1.40. The average molecular weight is 552 g/mol. The number of thiophene rings is 1. The monoisotopic (exact) mass is 552 g/mol. The van der Waals surface area contributed by atoms with Crippen LogP contribution in [0.25, 0.3) is 0 Å². The predicted octanol–water partition coefficient (Wildman–Crippen LogP) is 4.91. The summed E-state index contributed by atoms with van der Waals surface area (Å²) in [4.78, 5) is 8.01. The highest BCUT2D eigenvalue weighted by Crippen LogP contribution is 2.37. The fraction of sp³-hybridized carbons (Fsp3) is 0.476. The topological polar surface area (TPSA) is 53.6 Å². The quantitative estimate of drug-likeness (QED) is 0.304. The normalized spacial score (nSPS) is 20.6. The van der Waals surface area contributed by atoms with Crippen LogP contribution in [0, 0.1) is 5.92 Å². The minimum absolute atomic E-state index is 0. The second kappa shape index (κ2) is 11.3. The molecule has 2 heterocycles. The molecule has 3 N–H and O–H groups in total. The van der Waals surface area contributed by atoms with E-state index in [4.69, 9.17) is 5.73 Å². The molecule has 2 atom stereocenters. The minimum Gasteiger partial charge on any atom is -0.370 e. The molecule has 4 nitrogen and oxygen atoms in total. The lowest BCUT2D eigenvalue weighted by molar-refractivity contribution is -0.137. The Labute approximate surface area is 196 Å². The Morgan fingerprint density at radius 2 is 2.00 bits per heavy atom. The third-order valence-electron chi connectivity index (χ3n) is 5.34. The highest BCUT2D eigenvalue weighted by atomic mass is 127. The van der Waals surface area contributed by atoms with E-state index in [1.807, 2.05) is 18.5 Å². The van der Waals surface area contributed by atoms with E-state index in [0.29, 0.717) is 12.5 Å². The van der Waals surface area contributed by atoms with E-state index < -0.39 is 11.7 Å². The molecule has 3 rings (SSSR count). The van der Waals surface area contributed by atoms with Crippen LogP contribution in [0.3, 0.4) is 0 Å². The molecule has 2 aromatic rings. The maximum atomic E-state index is 12.9. The van der Waals surface area contributed by atoms with Gasteiger partial charge in [-0.1, -0.05) is 18.2 Å². The fourth-order valence-electron chi connectivity index (χ4n) is 3.89. The molecule has 0 bridgehead atoms. The number of halogens is 4. The number of rotatable bonds is 6. The van der Waals surface area contributed by atoms with Gasteiger partial charge in [-0.05, 0) is 67.9 Å². The van der Waals surface area contributed by atoms with Crippen molar-refractivity contribution in [1.29, 1.82) is 0 Å². The van der Waals surface area contributed by atoms with E-state index in [2.05, 4.69) is 21.3 Å². The van der Waals surface area contributed by atoms with Crippen molar-refractivity contribution in [3.63, 3.8) is 0 Å². The van der Waals surface area contributed by atoms with Crippen LogP contribution in [-0.4, -0.2) is 37.5 Å². The Bertz CT molecular complexity index is 794. The molecule has 0 saturated carbocycles. The Hall–Kier alpha value is -1.33. The van der Waals surface area contributed by atoms with Crippen molar-refractivity contribution >= 4 is 41.3 Å². The summed E-state index contributed by atoms with van der Waals surface area (Å²) < 4.78 is 38.6. The van der Waals surface area contributed by atoms with Crippen LogP contribution in [0.2, 0.25) is 0 Å². The summed E-state index contributed by atoms with van der Waals surface area (Å²) in [6.45, 7) is 2.19. The first kappa shape index (κ1) is 24.9. The molecule has 0 spiro atoms. The Balaban J connectivity index is 0.00000320. The molecule has 1 aromatic carbocycles. The van der Waals surface area contributed by atoms with E-state index >= 15 is 0 Å². The number of piperidine rings is 1. The number of benzene rings is 1. The van der Waals surface area contributed by atoms with Gasteiger partial charge in [0.1, 0.15) is 0 Å². The van der Waals surface area contributed by atoms with E-state index in [9.17, 15) is 13.2 Å². The lowest BCUT2D eigenvalue weighted by atomic mass is 9.84. The number of hydrogen-bond donors (Lipinski definition) is 2. The predicted molar refractivity (Wildman–Crippen MR) is 127 cm³/mol. The smallest absolute Gasteiger partial charge is 0.370 e. The van der Waals surface area contributed by atoms with Gasteiger partial charge in [-0.25, -0.2) is 0 Å². The van der Waals surface area contributed by atoms with Crippen molar-refractivity contribution in [1.82, 2.24) is 10.2 Å². The van der Waals surface area contributed by atoms with Crippen LogP contribution in [0.15, 0.2) is 46.8 Å². The van der Waals surface area contributed by atoms with Crippen molar-refractivity contribution in [3.8, 4) is 0 Å². The molecule has 1 fully saturated rings. The Kier molecular flexibility index (Phi) is 9.42. The van der Waals surface area contributed by atoms with Crippen molar-refractivity contribution < 1.29 is 13.2 Å². The molecule has 0 aliphatic carbocycles. The summed E-state index contributed by atoms with van der Waals surface area (Å²) in [6, 6.07) is 9.67. The molecular weight excluding hydrogens is 524 g/mol. The third-order valence-corrected chi connectivity index (χ3v) is 6.28. The van der Waals surface area contributed by atoms with Gasteiger partial charge in [-0.3, -0.25) is 9.89 Å². The molecule has 1 aliphatic heterocycles. The molecule has 30 heavy (non-hydrogen) atoms. The van der Waals surface area contributed by atoms with Crippen molar-refractivity contribution in [2.24, 2.45) is 16.6 Å². The van der Waals surface area contributed by atoms with Gasteiger partial charge in [-0.15, -0.1) is 35.3 Å². The van der Waals surface area contributed by atoms with Crippen molar-refractivity contribution in [3.05, 3.63) is 57.8 Å². The SMILES string of the molecule is CN1CCCC(CN=C(N)NCCc2cccs2)C1c1ccc(C(F)(F)F)cc1.I. The first-order valence-electron chi connectivity index (χ1n) is 9.78. The highest BCUT2D eigenvalue weighted by molar-refractivity contribution is 14.0. The molecule has 2 unspecified atom stereocenters. The molecule has 0 radical (unpaired) electrons. The number of aliphatic imine (C=N–C) groups is 1. The van der Waals surface area contributed by atoms with Gasteiger partial charge >= 0.3 is 6.18 Å². The number of nitrogens with two attached hydrogens (primary N) is 1. The van der Waals surface area contributed by atoms with Crippen molar-refractivity contribution in [2.75, 3.05) is 26.7 Å². The van der Waals surface area contributed by atoms with E-state index in [1.165, 1.54) is 17.0 Å². The number of nitrogens with zero attached hydrogens (tertiary/aromatic N) is 2.